The van der Waals surface area contributed by atoms with Crippen LogP contribution in [-0.2, 0) is 26.9 Å². The van der Waals surface area contributed by atoms with E-state index < -0.39 is 11.0 Å². The summed E-state index contributed by atoms with van der Waals surface area (Å²) in [5.74, 6) is 5.54. The number of piperidine rings is 1. The third-order valence-electron chi connectivity index (χ3n) is 6.28. The highest BCUT2D eigenvalue weighted by molar-refractivity contribution is 7.84. The number of carbonyl (C=O) groups is 1. The van der Waals surface area contributed by atoms with Crippen LogP contribution in [0.2, 0.25) is 0 Å². The van der Waals surface area contributed by atoms with Gasteiger partial charge in [-0.1, -0.05) is 12.0 Å². The first-order chi connectivity index (χ1) is 14.7. The van der Waals surface area contributed by atoms with Crippen LogP contribution >= 0.6 is 0 Å². The largest absolute Gasteiger partial charge is 0.383 e. The van der Waals surface area contributed by atoms with Crippen LogP contribution in [0.3, 0.4) is 0 Å². The standard InChI is InChI=1S/C24H35N3O3S/c1-23(2,3)31(29)26-22-20-16-18(7-9-21(28)27(4)14-15-30-5)6-8-19(20)17-24(22)10-12-25-13-11-24/h6,8,16,22,25-26H,10-15,17H2,1-5H3/t22-,31-/m1/s1. The van der Waals surface area contributed by atoms with Gasteiger partial charge in [0.1, 0.15) is 0 Å². The summed E-state index contributed by atoms with van der Waals surface area (Å²) in [6.45, 7) is 8.93. The van der Waals surface area contributed by atoms with E-state index in [-0.39, 0.29) is 22.1 Å². The lowest BCUT2D eigenvalue weighted by molar-refractivity contribution is -0.124. The number of hydrogen-bond acceptors (Lipinski definition) is 4. The predicted octanol–water partition coefficient (Wildman–Crippen LogP) is 2.16. The number of nitrogens with zero attached hydrogens (tertiary/aromatic N) is 1. The Morgan fingerprint density at radius 3 is 2.71 bits per heavy atom. The minimum atomic E-state index is -1.17. The highest BCUT2D eigenvalue weighted by Gasteiger charge is 2.47. The first-order valence-electron chi connectivity index (χ1n) is 10.9. The SMILES string of the molecule is COCCN(C)C(=O)C#Cc1ccc2c(c1)[C@@H](N[S@](=O)C(C)(C)C)C1(CCNCC1)C2. The van der Waals surface area contributed by atoms with E-state index in [9.17, 15) is 9.00 Å². The molecule has 1 fully saturated rings. The fourth-order valence-electron chi connectivity index (χ4n) is 4.33. The van der Waals surface area contributed by atoms with Gasteiger partial charge in [-0.05, 0) is 81.8 Å². The molecule has 1 spiro atoms. The molecule has 1 saturated heterocycles. The lowest BCUT2D eigenvalue weighted by atomic mass is 9.73. The van der Waals surface area contributed by atoms with Crippen LogP contribution in [0.25, 0.3) is 0 Å². The molecular formula is C24H35N3O3S. The topological polar surface area (TPSA) is 70.7 Å². The average molecular weight is 446 g/mol. The Hall–Kier alpha value is -1.72. The number of methoxy groups -OCH3 is 1. The van der Waals surface area contributed by atoms with Crippen LogP contribution < -0.4 is 10.0 Å². The smallest absolute Gasteiger partial charge is 0.298 e. The molecule has 31 heavy (non-hydrogen) atoms. The number of fused-ring (bicyclic) bond motifs is 1. The first kappa shape index (κ1) is 23.9. The van der Waals surface area contributed by atoms with E-state index in [0.29, 0.717) is 13.2 Å². The first-order valence-corrected chi connectivity index (χ1v) is 12.1. The molecule has 0 saturated carbocycles. The molecule has 1 aromatic carbocycles. The molecular weight excluding hydrogens is 410 g/mol. The molecule has 1 aliphatic heterocycles. The Balaban J connectivity index is 1.87. The summed E-state index contributed by atoms with van der Waals surface area (Å²) in [4.78, 5) is 13.8. The molecule has 0 unspecified atom stereocenters. The Morgan fingerprint density at radius 1 is 1.35 bits per heavy atom. The van der Waals surface area contributed by atoms with Crippen molar-refractivity contribution in [2.45, 2.75) is 50.8 Å². The fraction of sp³-hybridized carbons (Fsp3) is 0.625. The minimum absolute atomic E-state index is 0.0199. The summed E-state index contributed by atoms with van der Waals surface area (Å²) >= 11 is 0. The molecule has 6 nitrogen and oxygen atoms in total. The number of amides is 1. The molecule has 0 radical (unpaired) electrons. The monoisotopic (exact) mass is 445 g/mol. The molecule has 1 heterocycles. The van der Waals surface area contributed by atoms with Crippen LogP contribution in [0.4, 0.5) is 0 Å². The summed E-state index contributed by atoms with van der Waals surface area (Å²) in [5, 5.41) is 3.46. The number of benzene rings is 1. The third-order valence-corrected chi connectivity index (χ3v) is 7.85. The maximum atomic E-state index is 13.0. The van der Waals surface area contributed by atoms with Gasteiger partial charge >= 0.3 is 0 Å². The molecule has 1 aromatic rings. The van der Waals surface area contributed by atoms with Crippen molar-refractivity contribution in [3.63, 3.8) is 0 Å². The second-order valence-electron chi connectivity index (χ2n) is 9.60. The molecule has 0 aromatic heterocycles. The van der Waals surface area contributed by atoms with Crippen LogP contribution in [0, 0.1) is 17.3 Å². The normalized spacial score (nSPS) is 20.6. The van der Waals surface area contributed by atoms with E-state index in [1.54, 1.807) is 19.1 Å². The second-order valence-corrected chi connectivity index (χ2v) is 11.6. The number of carbonyl (C=O) groups excluding carboxylic acids is 1. The zero-order valence-electron chi connectivity index (χ0n) is 19.3. The summed E-state index contributed by atoms with van der Waals surface area (Å²) in [5.41, 5.74) is 3.34. The van der Waals surface area contributed by atoms with Crippen LogP contribution in [0.15, 0.2) is 18.2 Å². The summed E-state index contributed by atoms with van der Waals surface area (Å²) in [6, 6.07) is 6.22. The fourth-order valence-corrected chi connectivity index (χ4v) is 5.27. The Bertz CT molecular complexity index is 892. The summed E-state index contributed by atoms with van der Waals surface area (Å²) < 4.78 is 21.2. The molecule has 0 bridgehead atoms. The van der Waals surface area contributed by atoms with Crippen LogP contribution in [0.5, 0.6) is 0 Å². The molecule has 7 heteroatoms. The number of rotatable bonds is 5. The Kier molecular flexibility index (Phi) is 7.59. The van der Waals surface area contributed by atoms with E-state index in [0.717, 1.165) is 37.9 Å². The van der Waals surface area contributed by atoms with Crippen molar-refractivity contribution in [1.29, 1.82) is 0 Å². The van der Waals surface area contributed by atoms with Crippen molar-refractivity contribution in [3.05, 3.63) is 34.9 Å². The molecule has 170 valence electrons. The van der Waals surface area contributed by atoms with Gasteiger partial charge in [-0.3, -0.25) is 4.79 Å². The number of nitrogens with one attached hydrogen (secondary N) is 2. The van der Waals surface area contributed by atoms with Crippen LogP contribution in [-0.4, -0.2) is 60.2 Å². The quantitative estimate of drug-likeness (QED) is 0.682. The summed E-state index contributed by atoms with van der Waals surface area (Å²) in [6.07, 6.45) is 3.07. The van der Waals surface area contributed by atoms with E-state index in [2.05, 4.69) is 34.0 Å². The van der Waals surface area contributed by atoms with Crippen LogP contribution in [0.1, 0.15) is 56.3 Å². The van der Waals surface area contributed by atoms with E-state index in [4.69, 9.17) is 4.74 Å². The highest BCUT2D eigenvalue weighted by atomic mass is 32.2. The number of ether oxygens (including phenoxy) is 1. The number of hydrogen-bond donors (Lipinski definition) is 2. The van der Waals surface area contributed by atoms with Gasteiger partial charge in [-0.15, -0.1) is 0 Å². The van der Waals surface area contributed by atoms with E-state index in [1.807, 2.05) is 26.8 Å². The van der Waals surface area contributed by atoms with Crippen molar-refractivity contribution in [3.8, 4) is 11.8 Å². The van der Waals surface area contributed by atoms with Crippen molar-refractivity contribution < 1.29 is 13.7 Å². The van der Waals surface area contributed by atoms with Gasteiger partial charge in [0, 0.05) is 32.2 Å². The maximum absolute atomic E-state index is 13.0. The highest BCUT2D eigenvalue weighted by Crippen LogP contribution is 2.51. The van der Waals surface area contributed by atoms with Crippen molar-refractivity contribution in [2.24, 2.45) is 5.41 Å². The molecule has 1 amide bonds. The second kappa shape index (κ2) is 9.83. The van der Waals surface area contributed by atoms with E-state index >= 15 is 0 Å². The van der Waals surface area contributed by atoms with Crippen molar-refractivity contribution in [1.82, 2.24) is 14.9 Å². The molecule has 2 aliphatic rings. The lowest BCUT2D eigenvalue weighted by Crippen LogP contribution is -2.46. The van der Waals surface area contributed by atoms with Gasteiger partial charge in [-0.2, -0.15) is 0 Å². The van der Waals surface area contributed by atoms with E-state index in [1.165, 1.54) is 11.1 Å². The molecule has 2 atom stereocenters. The summed E-state index contributed by atoms with van der Waals surface area (Å²) in [7, 11) is 2.17. The lowest BCUT2D eigenvalue weighted by Gasteiger charge is -2.40. The van der Waals surface area contributed by atoms with Crippen molar-refractivity contribution in [2.75, 3.05) is 40.4 Å². The zero-order chi connectivity index (χ0) is 22.6. The van der Waals surface area contributed by atoms with Gasteiger partial charge in [0.15, 0.2) is 0 Å². The van der Waals surface area contributed by atoms with Gasteiger partial charge in [0.2, 0.25) is 0 Å². The zero-order valence-corrected chi connectivity index (χ0v) is 20.2. The molecule has 2 N–H and O–H groups in total. The maximum Gasteiger partial charge on any atom is 0.298 e. The Morgan fingerprint density at radius 2 is 2.06 bits per heavy atom. The van der Waals surface area contributed by atoms with Gasteiger partial charge in [-0.25, -0.2) is 8.93 Å². The molecule has 1 aliphatic carbocycles. The van der Waals surface area contributed by atoms with Gasteiger partial charge in [0.05, 0.1) is 28.4 Å². The minimum Gasteiger partial charge on any atom is -0.383 e. The third kappa shape index (κ3) is 5.56. The van der Waals surface area contributed by atoms with Crippen molar-refractivity contribution >= 4 is 16.9 Å². The number of likely N-dealkylation sites (N-methyl/N-ethyl adjacent to an activating group) is 1. The molecule has 3 rings (SSSR count). The van der Waals surface area contributed by atoms with Gasteiger partial charge in [0.25, 0.3) is 5.91 Å². The van der Waals surface area contributed by atoms with Gasteiger partial charge < -0.3 is 15.0 Å². The average Bonchev–Trinajstić information content (AvgIpc) is 3.01. The Labute approximate surface area is 189 Å². The predicted molar refractivity (Wildman–Crippen MR) is 125 cm³/mol.